The second-order valence-corrected chi connectivity index (χ2v) is 6.16. The van der Waals surface area contributed by atoms with E-state index in [1.165, 1.54) is 0 Å². The lowest BCUT2D eigenvalue weighted by atomic mass is 10.1. The molecule has 1 amide bonds. The van der Waals surface area contributed by atoms with Crippen molar-refractivity contribution in [3.05, 3.63) is 83.7 Å². The van der Waals surface area contributed by atoms with Crippen LogP contribution in [0.5, 0.6) is 11.5 Å². The van der Waals surface area contributed by atoms with Gasteiger partial charge in [-0.1, -0.05) is 18.2 Å². The maximum atomic E-state index is 13.3. The van der Waals surface area contributed by atoms with Crippen LogP contribution in [0.25, 0.3) is 0 Å². The topological polar surface area (TPSA) is 51.7 Å². The molecule has 0 saturated carbocycles. The molecule has 0 fully saturated rings. The Balaban J connectivity index is 2.00. The molecule has 0 N–H and O–H groups in total. The maximum Gasteiger partial charge on any atom is 0.258 e. The van der Waals surface area contributed by atoms with Crippen LogP contribution in [-0.4, -0.2) is 25.1 Å². The Kier molecular flexibility index (Phi) is 5.71. The standard InChI is InChI=1S/C22H22N2O3/c1-16-6-4-8-19(12-16)24(15-17-7-5-11-23-14-17)22(25)18-9-10-20(26-2)21(13-18)27-3/h4-14H,15H2,1-3H3. The second kappa shape index (κ2) is 8.36. The molecule has 5 heteroatoms. The Morgan fingerprint density at radius 1 is 1.00 bits per heavy atom. The molecule has 1 heterocycles. The molecule has 0 spiro atoms. The number of aromatic nitrogens is 1. The van der Waals surface area contributed by atoms with Gasteiger partial charge in [0.15, 0.2) is 11.5 Å². The van der Waals surface area contributed by atoms with Crippen LogP contribution in [0.15, 0.2) is 67.0 Å². The highest BCUT2D eigenvalue weighted by molar-refractivity contribution is 6.06. The molecule has 27 heavy (non-hydrogen) atoms. The van der Waals surface area contributed by atoms with Crippen molar-refractivity contribution < 1.29 is 14.3 Å². The quantitative estimate of drug-likeness (QED) is 0.658. The third-order valence-corrected chi connectivity index (χ3v) is 4.25. The molecule has 0 aliphatic heterocycles. The average Bonchev–Trinajstić information content (AvgIpc) is 2.71. The predicted molar refractivity (Wildman–Crippen MR) is 105 cm³/mol. The number of carbonyl (C=O) groups is 1. The molecule has 5 nitrogen and oxygen atoms in total. The van der Waals surface area contributed by atoms with Gasteiger partial charge >= 0.3 is 0 Å². The number of anilines is 1. The lowest BCUT2D eigenvalue weighted by Gasteiger charge is -2.24. The molecular formula is C22H22N2O3. The largest absolute Gasteiger partial charge is 0.493 e. The van der Waals surface area contributed by atoms with Crippen molar-refractivity contribution in [3.63, 3.8) is 0 Å². The van der Waals surface area contributed by atoms with Crippen LogP contribution < -0.4 is 14.4 Å². The normalized spacial score (nSPS) is 10.3. The van der Waals surface area contributed by atoms with E-state index in [2.05, 4.69) is 4.98 Å². The minimum Gasteiger partial charge on any atom is -0.493 e. The molecule has 0 saturated heterocycles. The van der Waals surface area contributed by atoms with Crippen molar-refractivity contribution in [2.24, 2.45) is 0 Å². The molecule has 0 aliphatic carbocycles. The van der Waals surface area contributed by atoms with Gasteiger partial charge in [-0.2, -0.15) is 0 Å². The van der Waals surface area contributed by atoms with E-state index < -0.39 is 0 Å². The first kappa shape index (κ1) is 18.5. The van der Waals surface area contributed by atoms with E-state index in [0.717, 1.165) is 16.8 Å². The highest BCUT2D eigenvalue weighted by Crippen LogP contribution is 2.29. The van der Waals surface area contributed by atoms with Gasteiger partial charge in [-0.15, -0.1) is 0 Å². The van der Waals surface area contributed by atoms with E-state index in [-0.39, 0.29) is 5.91 Å². The van der Waals surface area contributed by atoms with Crippen LogP contribution in [0, 0.1) is 6.92 Å². The number of methoxy groups -OCH3 is 2. The summed E-state index contributed by atoms with van der Waals surface area (Å²) >= 11 is 0. The number of nitrogens with zero attached hydrogens (tertiary/aromatic N) is 2. The van der Waals surface area contributed by atoms with Gasteiger partial charge in [0.25, 0.3) is 5.91 Å². The van der Waals surface area contributed by atoms with Gasteiger partial charge in [0.05, 0.1) is 20.8 Å². The van der Waals surface area contributed by atoms with E-state index in [4.69, 9.17) is 9.47 Å². The van der Waals surface area contributed by atoms with Gasteiger partial charge in [-0.3, -0.25) is 9.78 Å². The van der Waals surface area contributed by atoms with E-state index in [9.17, 15) is 4.79 Å². The van der Waals surface area contributed by atoms with Crippen LogP contribution in [0.1, 0.15) is 21.5 Å². The number of ether oxygens (including phenoxy) is 2. The molecule has 3 rings (SSSR count). The van der Waals surface area contributed by atoms with Crippen molar-refractivity contribution in [1.29, 1.82) is 0 Å². The number of amides is 1. The van der Waals surface area contributed by atoms with Crippen LogP contribution in [0.4, 0.5) is 5.69 Å². The van der Waals surface area contributed by atoms with Gasteiger partial charge in [-0.25, -0.2) is 0 Å². The van der Waals surface area contributed by atoms with E-state index >= 15 is 0 Å². The Labute approximate surface area is 159 Å². The van der Waals surface area contributed by atoms with Gasteiger partial charge in [0.1, 0.15) is 0 Å². The summed E-state index contributed by atoms with van der Waals surface area (Å²) in [6.07, 6.45) is 3.49. The highest BCUT2D eigenvalue weighted by Gasteiger charge is 2.20. The van der Waals surface area contributed by atoms with Gasteiger partial charge in [-0.05, 0) is 54.4 Å². The molecule has 2 aromatic carbocycles. The Morgan fingerprint density at radius 2 is 1.81 bits per heavy atom. The summed E-state index contributed by atoms with van der Waals surface area (Å²) < 4.78 is 10.6. The molecule has 1 aromatic heterocycles. The fourth-order valence-corrected chi connectivity index (χ4v) is 2.88. The zero-order chi connectivity index (χ0) is 19.2. The summed E-state index contributed by atoms with van der Waals surface area (Å²) in [6, 6.07) is 16.9. The fraction of sp³-hybridized carbons (Fsp3) is 0.182. The molecule has 0 bridgehead atoms. The predicted octanol–water partition coefficient (Wildman–Crippen LogP) is 4.25. The lowest BCUT2D eigenvalue weighted by molar-refractivity contribution is 0.0984. The molecule has 138 valence electrons. The van der Waals surface area contributed by atoms with E-state index in [1.54, 1.807) is 49.7 Å². The third-order valence-electron chi connectivity index (χ3n) is 4.25. The Bertz CT molecular complexity index is 926. The first-order chi connectivity index (χ1) is 13.1. The summed E-state index contributed by atoms with van der Waals surface area (Å²) in [5, 5.41) is 0. The van der Waals surface area contributed by atoms with Crippen molar-refractivity contribution >= 4 is 11.6 Å². The smallest absolute Gasteiger partial charge is 0.258 e. The average molecular weight is 362 g/mol. The van der Waals surface area contributed by atoms with Crippen LogP contribution in [0.2, 0.25) is 0 Å². The van der Waals surface area contributed by atoms with Crippen molar-refractivity contribution in [3.8, 4) is 11.5 Å². The molecule has 3 aromatic rings. The van der Waals surface area contributed by atoms with Gasteiger partial charge < -0.3 is 14.4 Å². The summed E-state index contributed by atoms with van der Waals surface area (Å²) in [6.45, 7) is 2.43. The minimum absolute atomic E-state index is 0.120. The maximum absolute atomic E-state index is 13.3. The first-order valence-corrected chi connectivity index (χ1v) is 8.62. The first-order valence-electron chi connectivity index (χ1n) is 8.62. The minimum atomic E-state index is -0.120. The van der Waals surface area contributed by atoms with Crippen LogP contribution in [0.3, 0.4) is 0 Å². The number of carbonyl (C=O) groups excluding carboxylic acids is 1. The number of benzene rings is 2. The SMILES string of the molecule is COc1ccc(C(=O)N(Cc2cccnc2)c2cccc(C)c2)cc1OC. The fourth-order valence-electron chi connectivity index (χ4n) is 2.88. The molecule has 0 atom stereocenters. The Morgan fingerprint density at radius 3 is 2.48 bits per heavy atom. The van der Waals surface area contributed by atoms with Crippen LogP contribution in [-0.2, 0) is 6.54 Å². The number of pyridine rings is 1. The molecule has 0 unspecified atom stereocenters. The van der Waals surface area contributed by atoms with Crippen molar-refractivity contribution in [2.45, 2.75) is 13.5 Å². The number of hydrogen-bond donors (Lipinski definition) is 0. The van der Waals surface area contributed by atoms with E-state index in [0.29, 0.717) is 23.6 Å². The number of aryl methyl sites for hydroxylation is 1. The van der Waals surface area contributed by atoms with Crippen molar-refractivity contribution in [2.75, 3.05) is 19.1 Å². The van der Waals surface area contributed by atoms with Gasteiger partial charge in [0.2, 0.25) is 0 Å². The lowest BCUT2D eigenvalue weighted by Crippen LogP contribution is -2.30. The second-order valence-electron chi connectivity index (χ2n) is 6.16. The summed E-state index contributed by atoms with van der Waals surface area (Å²) in [5.41, 5.74) is 3.40. The number of rotatable bonds is 6. The summed E-state index contributed by atoms with van der Waals surface area (Å²) in [7, 11) is 3.13. The zero-order valence-corrected chi connectivity index (χ0v) is 15.7. The zero-order valence-electron chi connectivity index (χ0n) is 15.7. The highest BCUT2D eigenvalue weighted by atomic mass is 16.5. The third kappa shape index (κ3) is 4.26. The molecular weight excluding hydrogens is 340 g/mol. The summed E-state index contributed by atoms with van der Waals surface area (Å²) in [4.78, 5) is 19.2. The number of hydrogen-bond acceptors (Lipinski definition) is 4. The summed E-state index contributed by atoms with van der Waals surface area (Å²) in [5.74, 6) is 0.989. The monoisotopic (exact) mass is 362 g/mol. The van der Waals surface area contributed by atoms with E-state index in [1.807, 2.05) is 43.3 Å². The van der Waals surface area contributed by atoms with Gasteiger partial charge in [0, 0.05) is 23.6 Å². The Hall–Kier alpha value is -3.34. The van der Waals surface area contributed by atoms with Crippen LogP contribution >= 0.6 is 0 Å². The molecule has 0 radical (unpaired) electrons. The molecule has 0 aliphatic rings. The van der Waals surface area contributed by atoms with Crippen molar-refractivity contribution in [1.82, 2.24) is 4.98 Å².